The summed E-state index contributed by atoms with van der Waals surface area (Å²) in [5.74, 6) is -1.30. The quantitative estimate of drug-likeness (QED) is 0.672. The van der Waals surface area contributed by atoms with Gasteiger partial charge in [0.1, 0.15) is 34.5 Å². The number of β-lactam (4-membered cyclic amide) rings is 1. The lowest BCUT2D eigenvalue weighted by atomic mass is 9.96. The van der Waals surface area contributed by atoms with Crippen LogP contribution in [0.5, 0.6) is 11.5 Å². The topological polar surface area (TPSA) is 137 Å². The van der Waals surface area contributed by atoms with E-state index in [1.54, 1.807) is 32.0 Å². The number of carbonyl (C=O) groups is 3. The second kappa shape index (κ2) is 7.28. The monoisotopic (exact) mass is 398 g/mol. The first kappa shape index (κ1) is 20.8. The molecule has 2 aliphatic heterocycles. The highest BCUT2D eigenvalue weighted by Gasteiger charge is 2.64. The molecule has 0 bridgehead atoms. The second-order valence-electron chi connectivity index (χ2n) is 6.59. The fraction of sp³-hybridized carbons (Fsp3) is 0.471. The lowest BCUT2D eigenvalue weighted by Gasteiger charge is -2.43. The predicted octanol–water partition coefficient (Wildman–Crippen LogP) is 0.124. The molecular formula is C17H22N2O7S. The molecule has 0 aromatic heterocycles. The molecule has 3 rings (SSSR count). The Morgan fingerprint density at radius 1 is 1.22 bits per heavy atom. The smallest absolute Gasteiger partial charge is 0.327 e. The molecule has 10 heteroatoms. The average Bonchev–Trinajstić information content (AvgIpc) is 2.86. The Labute approximate surface area is 160 Å². The van der Waals surface area contributed by atoms with Gasteiger partial charge in [0, 0.05) is 4.75 Å². The van der Waals surface area contributed by atoms with Crippen LogP contribution in [0.1, 0.15) is 24.2 Å². The number of nitrogens with zero attached hydrogens (tertiary/aromatic N) is 1. The molecule has 1 aromatic carbocycles. The number of fused-ring (bicyclic) bond motifs is 1. The minimum atomic E-state index is -1.05. The third kappa shape index (κ3) is 3.19. The fourth-order valence-electron chi connectivity index (χ4n) is 3.43. The summed E-state index contributed by atoms with van der Waals surface area (Å²) in [4.78, 5) is 38.1. The molecule has 0 saturated carbocycles. The van der Waals surface area contributed by atoms with E-state index in [4.69, 9.17) is 9.47 Å². The number of benzene rings is 1. The molecule has 3 atom stereocenters. The van der Waals surface area contributed by atoms with Crippen molar-refractivity contribution in [1.82, 2.24) is 10.2 Å². The van der Waals surface area contributed by atoms with Crippen LogP contribution in [0.3, 0.4) is 0 Å². The van der Waals surface area contributed by atoms with Crippen LogP contribution in [0.2, 0.25) is 0 Å². The molecule has 0 unspecified atom stereocenters. The highest BCUT2D eigenvalue weighted by Crippen LogP contribution is 2.50. The van der Waals surface area contributed by atoms with E-state index >= 15 is 0 Å². The molecular weight excluding hydrogens is 376 g/mol. The van der Waals surface area contributed by atoms with E-state index in [0.717, 1.165) is 0 Å². The summed E-state index contributed by atoms with van der Waals surface area (Å²) < 4.78 is 9.79. The molecule has 2 amide bonds. The van der Waals surface area contributed by atoms with Gasteiger partial charge in [-0.3, -0.25) is 9.59 Å². The summed E-state index contributed by atoms with van der Waals surface area (Å²) in [6.45, 7) is 3.56. The lowest BCUT2D eigenvalue weighted by Crippen LogP contribution is -2.70. The van der Waals surface area contributed by atoms with Gasteiger partial charge in [-0.2, -0.15) is 0 Å². The minimum absolute atomic E-state index is 0. The molecule has 2 saturated heterocycles. The van der Waals surface area contributed by atoms with E-state index in [1.165, 1.54) is 30.9 Å². The van der Waals surface area contributed by atoms with Gasteiger partial charge in [0.15, 0.2) is 0 Å². The number of thioether (sulfide) groups is 1. The first-order valence-corrected chi connectivity index (χ1v) is 8.85. The Morgan fingerprint density at radius 2 is 1.78 bits per heavy atom. The van der Waals surface area contributed by atoms with Crippen molar-refractivity contribution in [3.8, 4) is 11.5 Å². The maximum Gasteiger partial charge on any atom is 0.327 e. The Bertz CT molecular complexity index is 760. The molecule has 0 radical (unpaired) electrons. The van der Waals surface area contributed by atoms with Crippen molar-refractivity contribution in [1.29, 1.82) is 0 Å². The number of carbonyl (C=O) groups excluding carboxylic acids is 2. The van der Waals surface area contributed by atoms with Crippen molar-refractivity contribution in [3.05, 3.63) is 23.8 Å². The zero-order chi connectivity index (χ0) is 19.2. The maximum atomic E-state index is 12.8. The normalized spacial score (nSPS) is 25.0. The SMILES string of the molecule is COc1cccc(OC)c1C(=O)N[C@@H]1C(=O)N2[C@@H]1SC(C)(C)[C@@H]2C(=O)O.O. The zero-order valence-electron chi connectivity index (χ0n) is 15.3. The maximum absolute atomic E-state index is 12.8. The van der Waals surface area contributed by atoms with E-state index in [0.29, 0.717) is 11.5 Å². The largest absolute Gasteiger partial charge is 0.496 e. The summed E-state index contributed by atoms with van der Waals surface area (Å²) in [6.07, 6.45) is 0. The first-order chi connectivity index (χ1) is 12.2. The van der Waals surface area contributed by atoms with Gasteiger partial charge in [-0.1, -0.05) is 6.07 Å². The van der Waals surface area contributed by atoms with Crippen molar-refractivity contribution < 1.29 is 34.4 Å². The fourth-order valence-corrected chi connectivity index (χ4v) is 5.06. The van der Waals surface area contributed by atoms with Gasteiger partial charge >= 0.3 is 5.97 Å². The van der Waals surface area contributed by atoms with Crippen molar-refractivity contribution >= 4 is 29.5 Å². The molecule has 1 aromatic rings. The summed E-state index contributed by atoms with van der Waals surface area (Å²) >= 11 is 1.37. The van der Waals surface area contributed by atoms with E-state index < -0.39 is 40.0 Å². The van der Waals surface area contributed by atoms with E-state index in [1.807, 2.05) is 0 Å². The Hall–Kier alpha value is -2.46. The van der Waals surface area contributed by atoms with Gasteiger partial charge < -0.3 is 30.3 Å². The molecule has 2 heterocycles. The van der Waals surface area contributed by atoms with Gasteiger partial charge in [0.25, 0.3) is 5.91 Å². The van der Waals surface area contributed by atoms with Crippen LogP contribution < -0.4 is 14.8 Å². The van der Waals surface area contributed by atoms with Gasteiger partial charge in [-0.05, 0) is 26.0 Å². The second-order valence-corrected chi connectivity index (χ2v) is 8.36. The Morgan fingerprint density at radius 3 is 2.26 bits per heavy atom. The third-order valence-corrected chi connectivity index (χ3v) is 6.19. The van der Waals surface area contributed by atoms with Crippen molar-refractivity contribution in [2.24, 2.45) is 0 Å². The van der Waals surface area contributed by atoms with Crippen molar-refractivity contribution in [3.63, 3.8) is 0 Å². The van der Waals surface area contributed by atoms with Gasteiger partial charge in [0.05, 0.1) is 14.2 Å². The number of rotatable bonds is 5. The van der Waals surface area contributed by atoms with Gasteiger partial charge in [0.2, 0.25) is 5.91 Å². The van der Waals surface area contributed by atoms with Crippen LogP contribution >= 0.6 is 11.8 Å². The van der Waals surface area contributed by atoms with Crippen LogP contribution in [0.25, 0.3) is 0 Å². The molecule has 0 spiro atoms. The molecule has 0 aliphatic carbocycles. The summed E-state index contributed by atoms with van der Waals surface area (Å²) in [5, 5.41) is 11.7. The molecule has 2 aliphatic rings. The summed E-state index contributed by atoms with van der Waals surface area (Å²) in [6, 6.07) is 3.24. The van der Waals surface area contributed by atoms with Gasteiger partial charge in [-0.15, -0.1) is 11.8 Å². The number of amides is 2. The van der Waals surface area contributed by atoms with Gasteiger partial charge in [-0.25, -0.2) is 4.79 Å². The number of aliphatic carboxylic acids is 1. The number of hydrogen-bond donors (Lipinski definition) is 2. The highest BCUT2D eigenvalue weighted by molar-refractivity contribution is 8.01. The average molecular weight is 398 g/mol. The summed E-state index contributed by atoms with van der Waals surface area (Å²) in [7, 11) is 2.88. The number of hydrogen-bond acceptors (Lipinski definition) is 6. The number of carboxylic acid groups (broad SMARTS) is 1. The predicted molar refractivity (Wildman–Crippen MR) is 98.1 cm³/mol. The molecule has 4 N–H and O–H groups in total. The van der Waals surface area contributed by atoms with Crippen LogP contribution in [0.4, 0.5) is 0 Å². The van der Waals surface area contributed by atoms with Crippen molar-refractivity contribution in [2.75, 3.05) is 14.2 Å². The number of ether oxygens (including phenoxy) is 2. The molecule has 148 valence electrons. The number of nitrogens with one attached hydrogen (secondary N) is 1. The standard InChI is InChI=1S/C17H20N2O6S.H2O/c1-17(2)12(16(22)23)19-14(21)11(15(19)26-17)18-13(20)10-8(24-3)6-5-7-9(10)25-4;/h5-7,11-12,15H,1-4H3,(H,18,20)(H,22,23);1H2/t11-,12+,15-;/m1./s1. The van der Waals surface area contributed by atoms with Crippen LogP contribution in [-0.2, 0) is 9.59 Å². The Kier molecular flexibility index (Phi) is 5.62. The Balaban J connectivity index is 0.00000261. The van der Waals surface area contributed by atoms with E-state index in [-0.39, 0.29) is 11.0 Å². The third-order valence-electron chi connectivity index (χ3n) is 4.62. The minimum Gasteiger partial charge on any atom is -0.496 e. The zero-order valence-corrected chi connectivity index (χ0v) is 16.1. The van der Waals surface area contributed by atoms with Crippen LogP contribution in [0, 0.1) is 0 Å². The summed E-state index contributed by atoms with van der Waals surface area (Å²) in [5.41, 5.74) is 0.195. The first-order valence-electron chi connectivity index (χ1n) is 7.97. The lowest BCUT2D eigenvalue weighted by molar-refractivity contribution is -0.159. The van der Waals surface area contributed by atoms with Crippen LogP contribution in [-0.4, -0.2) is 69.7 Å². The molecule has 9 nitrogen and oxygen atoms in total. The highest BCUT2D eigenvalue weighted by atomic mass is 32.2. The molecule has 2 fully saturated rings. The number of carboxylic acids is 1. The van der Waals surface area contributed by atoms with E-state index in [2.05, 4.69) is 5.32 Å². The molecule has 27 heavy (non-hydrogen) atoms. The number of methoxy groups -OCH3 is 2. The van der Waals surface area contributed by atoms with E-state index in [9.17, 15) is 19.5 Å². The van der Waals surface area contributed by atoms with Crippen LogP contribution in [0.15, 0.2) is 18.2 Å². The van der Waals surface area contributed by atoms with Crippen molar-refractivity contribution in [2.45, 2.75) is 36.1 Å².